The van der Waals surface area contributed by atoms with Crippen molar-refractivity contribution in [2.45, 2.75) is 18.6 Å². The molecule has 1 aromatic carbocycles. The molecule has 18 heavy (non-hydrogen) atoms. The average molecular weight is 259 g/mol. The number of hydrogen-bond donors (Lipinski definition) is 0. The lowest BCUT2D eigenvalue weighted by Gasteiger charge is -2.14. The fourth-order valence-electron chi connectivity index (χ4n) is 1.21. The Balaban J connectivity index is 2.79. The first-order valence-corrected chi connectivity index (χ1v) is 5.15. The zero-order chi connectivity index (χ0) is 13.6. The van der Waals surface area contributed by atoms with Crippen LogP contribution in [-0.2, 0) is 9.53 Å². The SMILES string of the molecule is COC(=O)CC(N=Cc1ccccc1)C(F)(F)F. The van der Waals surface area contributed by atoms with Crippen LogP contribution >= 0.6 is 0 Å². The van der Waals surface area contributed by atoms with Gasteiger partial charge in [-0.15, -0.1) is 0 Å². The van der Waals surface area contributed by atoms with Gasteiger partial charge in [0.15, 0.2) is 6.04 Å². The Morgan fingerprint density at radius 2 is 2.00 bits per heavy atom. The molecule has 98 valence electrons. The number of halogens is 3. The van der Waals surface area contributed by atoms with Gasteiger partial charge in [-0.05, 0) is 5.56 Å². The summed E-state index contributed by atoms with van der Waals surface area (Å²) in [6.45, 7) is 0. The molecule has 1 rings (SSSR count). The van der Waals surface area contributed by atoms with E-state index < -0.39 is 24.6 Å². The molecule has 3 nitrogen and oxygen atoms in total. The molecule has 0 N–H and O–H groups in total. The Labute approximate surface area is 102 Å². The minimum Gasteiger partial charge on any atom is -0.469 e. The molecule has 0 fully saturated rings. The molecule has 0 saturated carbocycles. The molecule has 0 aliphatic heterocycles. The highest BCUT2D eigenvalue weighted by atomic mass is 19.4. The molecule has 1 atom stereocenters. The van der Waals surface area contributed by atoms with Gasteiger partial charge in [0.05, 0.1) is 13.5 Å². The fourth-order valence-corrected chi connectivity index (χ4v) is 1.21. The zero-order valence-electron chi connectivity index (χ0n) is 9.65. The summed E-state index contributed by atoms with van der Waals surface area (Å²) < 4.78 is 42.0. The highest BCUT2D eigenvalue weighted by Crippen LogP contribution is 2.25. The van der Waals surface area contributed by atoms with Gasteiger partial charge in [-0.1, -0.05) is 30.3 Å². The number of hydrogen-bond acceptors (Lipinski definition) is 3. The number of ether oxygens (including phenoxy) is 1. The largest absolute Gasteiger partial charge is 0.469 e. The summed E-state index contributed by atoms with van der Waals surface area (Å²) in [5, 5.41) is 0. The van der Waals surface area contributed by atoms with Crippen molar-refractivity contribution in [2.24, 2.45) is 4.99 Å². The second kappa shape index (κ2) is 6.18. The van der Waals surface area contributed by atoms with Gasteiger partial charge in [0.1, 0.15) is 0 Å². The number of aliphatic imine (C=N–C) groups is 1. The van der Waals surface area contributed by atoms with Gasteiger partial charge in [0.25, 0.3) is 0 Å². The summed E-state index contributed by atoms with van der Waals surface area (Å²) in [5.41, 5.74) is 0.539. The molecule has 0 aromatic heterocycles. The molecular formula is C12H12F3NO2. The molecule has 0 saturated heterocycles. The predicted octanol–water partition coefficient (Wildman–Crippen LogP) is 2.60. The van der Waals surface area contributed by atoms with E-state index in [2.05, 4.69) is 9.73 Å². The van der Waals surface area contributed by atoms with Crippen LogP contribution in [-0.4, -0.2) is 31.5 Å². The first kappa shape index (κ1) is 14.2. The van der Waals surface area contributed by atoms with Crippen molar-refractivity contribution in [3.05, 3.63) is 35.9 Å². The van der Waals surface area contributed by atoms with Crippen molar-refractivity contribution in [3.63, 3.8) is 0 Å². The number of rotatable bonds is 4. The van der Waals surface area contributed by atoms with Gasteiger partial charge in [0, 0.05) is 6.21 Å². The third kappa shape index (κ3) is 4.57. The molecule has 1 unspecified atom stereocenters. The van der Waals surface area contributed by atoms with Crippen LogP contribution < -0.4 is 0 Å². The lowest BCUT2D eigenvalue weighted by atomic mass is 10.2. The van der Waals surface area contributed by atoms with Crippen LogP contribution in [0.3, 0.4) is 0 Å². The van der Waals surface area contributed by atoms with E-state index in [1.807, 2.05) is 0 Å². The van der Waals surface area contributed by atoms with Crippen molar-refractivity contribution in [1.82, 2.24) is 0 Å². The van der Waals surface area contributed by atoms with Crippen LogP contribution in [0.1, 0.15) is 12.0 Å². The van der Waals surface area contributed by atoms with E-state index in [9.17, 15) is 18.0 Å². The van der Waals surface area contributed by atoms with E-state index in [0.717, 1.165) is 13.3 Å². The molecule has 0 amide bonds. The summed E-state index contributed by atoms with van der Waals surface area (Å²) in [7, 11) is 1.04. The van der Waals surface area contributed by atoms with Crippen LogP contribution in [0, 0.1) is 0 Å². The second-order valence-electron chi connectivity index (χ2n) is 3.53. The van der Waals surface area contributed by atoms with Crippen LogP contribution in [0.4, 0.5) is 13.2 Å². The summed E-state index contributed by atoms with van der Waals surface area (Å²) in [4.78, 5) is 14.3. The van der Waals surface area contributed by atoms with E-state index in [1.165, 1.54) is 0 Å². The molecular weight excluding hydrogens is 247 g/mol. The topological polar surface area (TPSA) is 38.7 Å². The Bertz CT molecular complexity index is 415. The maximum atomic E-state index is 12.6. The summed E-state index contributed by atoms with van der Waals surface area (Å²) in [6, 6.07) is 6.27. The number of methoxy groups -OCH3 is 1. The third-order valence-electron chi connectivity index (χ3n) is 2.17. The van der Waals surface area contributed by atoms with Crippen molar-refractivity contribution >= 4 is 12.2 Å². The minimum absolute atomic E-state index is 0.539. The molecule has 0 heterocycles. The summed E-state index contributed by atoms with van der Waals surface area (Å²) >= 11 is 0. The minimum atomic E-state index is -4.57. The number of alkyl halides is 3. The predicted molar refractivity (Wildman–Crippen MR) is 60.5 cm³/mol. The molecule has 0 spiro atoms. The third-order valence-corrected chi connectivity index (χ3v) is 2.17. The Hall–Kier alpha value is -1.85. The van der Waals surface area contributed by atoms with Crippen molar-refractivity contribution in [2.75, 3.05) is 7.11 Å². The van der Waals surface area contributed by atoms with Gasteiger partial charge in [-0.2, -0.15) is 13.2 Å². The fraction of sp³-hybridized carbons (Fsp3) is 0.333. The van der Waals surface area contributed by atoms with Gasteiger partial charge >= 0.3 is 12.1 Å². The maximum absolute atomic E-state index is 12.6. The van der Waals surface area contributed by atoms with E-state index in [4.69, 9.17) is 0 Å². The van der Waals surface area contributed by atoms with E-state index in [0.29, 0.717) is 5.56 Å². The number of carbonyl (C=O) groups is 1. The van der Waals surface area contributed by atoms with Crippen LogP contribution in [0.25, 0.3) is 0 Å². The molecule has 1 aromatic rings. The van der Waals surface area contributed by atoms with Crippen LogP contribution in [0.15, 0.2) is 35.3 Å². The smallest absolute Gasteiger partial charge is 0.411 e. The molecule has 6 heteroatoms. The average Bonchev–Trinajstić information content (AvgIpc) is 2.34. The van der Waals surface area contributed by atoms with Gasteiger partial charge in [0.2, 0.25) is 0 Å². The lowest BCUT2D eigenvalue weighted by Crippen LogP contribution is -2.30. The van der Waals surface area contributed by atoms with Crippen molar-refractivity contribution in [3.8, 4) is 0 Å². The van der Waals surface area contributed by atoms with Crippen molar-refractivity contribution in [1.29, 1.82) is 0 Å². The first-order valence-electron chi connectivity index (χ1n) is 5.15. The van der Waals surface area contributed by atoms with E-state index in [1.54, 1.807) is 30.3 Å². The molecule has 0 radical (unpaired) electrons. The zero-order valence-corrected chi connectivity index (χ0v) is 9.65. The lowest BCUT2D eigenvalue weighted by molar-refractivity contribution is -0.162. The van der Waals surface area contributed by atoms with Crippen LogP contribution in [0.2, 0.25) is 0 Å². The second-order valence-corrected chi connectivity index (χ2v) is 3.53. The number of benzene rings is 1. The van der Waals surface area contributed by atoms with Crippen molar-refractivity contribution < 1.29 is 22.7 Å². The Morgan fingerprint density at radius 3 is 2.50 bits per heavy atom. The maximum Gasteiger partial charge on any atom is 0.411 e. The Morgan fingerprint density at radius 1 is 1.39 bits per heavy atom. The van der Waals surface area contributed by atoms with Crippen LogP contribution in [0.5, 0.6) is 0 Å². The molecule has 0 aliphatic rings. The van der Waals surface area contributed by atoms with E-state index >= 15 is 0 Å². The highest BCUT2D eigenvalue weighted by molar-refractivity contribution is 5.80. The Kier molecular flexibility index (Phi) is 4.88. The monoisotopic (exact) mass is 259 g/mol. The van der Waals surface area contributed by atoms with Gasteiger partial charge < -0.3 is 4.74 Å². The van der Waals surface area contributed by atoms with Gasteiger partial charge in [-0.25, -0.2) is 0 Å². The number of nitrogens with zero attached hydrogens (tertiary/aromatic N) is 1. The molecule has 0 aliphatic carbocycles. The quantitative estimate of drug-likeness (QED) is 0.615. The number of carbonyl (C=O) groups excluding carboxylic acids is 1. The standard InChI is InChI=1S/C12H12F3NO2/c1-18-11(17)7-10(12(13,14)15)16-8-9-5-3-2-4-6-9/h2-6,8,10H,7H2,1H3. The van der Waals surface area contributed by atoms with Gasteiger partial charge in [-0.3, -0.25) is 9.79 Å². The summed E-state index contributed by atoms with van der Waals surface area (Å²) in [6.07, 6.45) is -4.29. The summed E-state index contributed by atoms with van der Waals surface area (Å²) in [5.74, 6) is -0.942. The first-order chi connectivity index (χ1) is 8.43. The van der Waals surface area contributed by atoms with E-state index in [-0.39, 0.29) is 0 Å². The normalized spacial score (nSPS) is 13.6. The molecule has 0 bridgehead atoms. The highest BCUT2D eigenvalue weighted by Gasteiger charge is 2.40. The number of esters is 1.